The number of hydrogen-bond acceptors (Lipinski definition) is 5. The number of nitrogens with zero attached hydrogens (tertiary/aromatic N) is 1. The number of benzene rings is 2. The van der Waals surface area contributed by atoms with Crippen LogP contribution in [0.4, 0.5) is 5.69 Å². The summed E-state index contributed by atoms with van der Waals surface area (Å²) in [4.78, 5) is 17.0. The normalized spacial score (nSPS) is 10.4. The van der Waals surface area contributed by atoms with Crippen molar-refractivity contribution in [1.29, 1.82) is 0 Å². The van der Waals surface area contributed by atoms with Gasteiger partial charge < -0.3 is 19.5 Å². The number of unbranched alkanes of at least 4 members (excludes halogenated alkanes) is 1. The Labute approximate surface area is 183 Å². The van der Waals surface area contributed by atoms with E-state index in [1.165, 1.54) is 0 Å². The van der Waals surface area contributed by atoms with Crippen molar-refractivity contribution in [3.63, 3.8) is 0 Å². The molecule has 0 aliphatic heterocycles. The highest BCUT2D eigenvalue weighted by atomic mass is 16.5. The molecule has 1 N–H and O–H groups in total. The Hall–Kier alpha value is -3.54. The predicted octanol–water partition coefficient (Wildman–Crippen LogP) is 5.49. The molecular weight excluding hydrogens is 392 g/mol. The lowest BCUT2D eigenvalue weighted by Crippen LogP contribution is -2.13. The first-order chi connectivity index (χ1) is 15.2. The van der Waals surface area contributed by atoms with E-state index in [-0.39, 0.29) is 5.91 Å². The van der Waals surface area contributed by atoms with E-state index in [0.29, 0.717) is 48.3 Å². The predicted molar refractivity (Wildman–Crippen MR) is 121 cm³/mol. The fourth-order valence-electron chi connectivity index (χ4n) is 2.90. The zero-order valence-corrected chi connectivity index (χ0v) is 18.0. The van der Waals surface area contributed by atoms with Crippen LogP contribution >= 0.6 is 0 Å². The number of anilines is 1. The van der Waals surface area contributed by atoms with Crippen LogP contribution in [0.1, 0.15) is 42.6 Å². The van der Waals surface area contributed by atoms with Crippen LogP contribution in [0.3, 0.4) is 0 Å². The summed E-state index contributed by atoms with van der Waals surface area (Å²) in [5, 5.41) is 2.93. The Morgan fingerprint density at radius 3 is 2.58 bits per heavy atom. The third-order valence-corrected chi connectivity index (χ3v) is 4.51. The Balaban J connectivity index is 1.72. The zero-order valence-electron chi connectivity index (χ0n) is 18.0. The van der Waals surface area contributed by atoms with E-state index < -0.39 is 0 Å². The molecule has 0 saturated heterocycles. The maximum atomic E-state index is 12.9. The molecule has 2 aromatic carbocycles. The molecule has 1 amide bonds. The van der Waals surface area contributed by atoms with E-state index in [1.54, 1.807) is 30.6 Å². The van der Waals surface area contributed by atoms with Crippen LogP contribution in [-0.2, 0) is 6.61 Å². The first kappa shape index (κ1) is 22.2. The van der Waals surface area contributed by atoms with E-state index >= 15 is 0 Å². The quantitative estimate of drug-likeness (QED) is 0.415. The number of ether oxygens (including phenoxy) is 3. The van der Waals surface area contributed by atoms with Gasteiger partial charge in [-0.25, -0.2) is 0 Å². The average molecular weight is 421 g/mol. The van der Waals surface area contributed by atoms with Gasteiger partial charge in [0, 0.05) is 23.5 Å². The van der Waals surface area contributed by atoms with Gasteiger partial charge in [-0.05, 0) is 49.7 Å². The number of amides is 1. The monoisotopic (exact) mass is 420 g/mol. The van der Waals surface area contributed by atoms with Gasteiger partial charge in [0.1, 0.15) is 12.4 Å². The van der Waals surface area contributed by atoms with Crippen molar-refractivity contribution in [2.45, 2.75) is 33.3 Å². The van der Waals surface area contributed by atoms with Gasteiger partial charge >= 0.3 is 0 Å². The fourth-order valence-corrected chi connectivity index (χ4v) is 2.90. The molecule has 0 spiro atoms. The van der Waals surface area contributed by atoms with Crippen LogP contribution in [0.15, 0.2) is 67.0 Å². The minimum Gasteiger partial charge on any atom is -0.491 e. The van der Waals surface area contributed by atoms with E-state index in [2.05, 4.69) is 17.2 Å². The number of hydrogen-bond donors (Lipinski definition) is 1. The summed E-state index contributed by atoms with van der Waals surface area (Å²) < 4.78 is 17.4. The van der Waals surface area contributed by atoms with Crippen molar-refractivity contribution in [2.75, 3.05) is 18.5 Å². The minimum atomic E-state index is -0.244. The van der Waals surface area contributed by atoms with Gasteiger partial charge in [-0.15, -0.1) is 0 Å². The van der Waals surface area contributed by atoms with Crippen LogP contribution in [0.25, 0.3) is 0 Å². The summed E-state index contributed by atoms with van der Waals surface area (Å²) in [5.41, 5.74) is 2.06. The number of aromatic nitrogens is 1. The number of carbonyl (C=O) groups is 1. The molecule has 0 aliphatic carbocycles. The van der Waals surface area contributed by atoms with Crippen molar-refractivity contribution < 1.29 is 19.0 Å². The standard InChI is InChI=1S/C25H28N2O4/c1-3-5-15-30-22-11-7-6-10-21(22)27-25(28)20-12-13-23(24(16-20)29-4-2)31-18-19-9-8-14-26-17-19/h6-14,16-17H,3-5,15,18H2,1-2H3,(H,27,28). The number of pyridine rings is 1. The first-order valence-corrected chi connectivity index (χ1v) is 10.5. The fraction of sp³-hybridized carbons (Fsp3) is 0.280. The molecular formula is C25H28N2O4. The Bertz CT molecular complexity index is 976. The van der Waals surface area contributed by atoms with Gasteiger partial charge in [-0.3, -0.25) is 9.78 Å². The smallest absolute Gasteiger partial charge is 0.255 e. The highest BCUT2D eigenvalue weighted by Gasteiger charge is 2.14. The number of para-hydroxylation sites is 2. The van der Waals surface area contributed by atoms with Crippen LogP contribution in [0.2, 0.25) is 0 Å². The van der Waals surface area contributed by atoms with Gasteiger partial charge in [-0.2, -0.15) is 0 Å². The second-order valence-electron chi connectivity index (χ2n) is 6.90. The molecule has 162 valence electrons. The Morgan fingerprint density at radius 1 is 0.935 bits per heavy atom. The van der Waals surface area contributed by atoms with E-state index in [1.807, 2.05) is 43.3 Å². The van der Waals surface area contributed by atoms with Crippen LogP contribution in [-0.4, -0.2) is 24.1 Å². The minimum absolute atomic E-state index is 0.244. The number of nitrogens with one attached hydrogen (secondary N) is 1. The molecule has 3 aromatic rings. The van der Waals surface area contributed by atoms with Gasteiger partial charge in [0.25, 0.3) is 5.91 Å². The lowest BCUT2D eigenvalue weighted by atomic mass is 10.1. The molecule has 0 fully saturated rings. The van der Waals surface area contributed by atoms with E-state index in [4.69, 9.17) is 14.2 Å². The largest absolute Gasteiger partial charge is 0.491 e. The molecule has 0 saturated carbocycles. The second kappa shape index (κ2) is 11.6. The molecule has 6 heteroatoms. The lowest BCUT2D eigenvalue weighted by Gasteiger charge is -2.15. The van der Waals surface area contributed by atoms with Gasteiger partial charge in [0.05, 0.1) is 18.9 Å². The molecule has 1 heterocycles. The molecule has 1 aromatic heterocycles. The number of rotatable bonds is 11. The van der Waals surface area contributed by atoms with Crippen LogP contribution in [0, 0.1) is 0 Å². The molecule has 0 unspecified atom stereocenters. The molecule has 6 nitrogen and oxygen atoms in total. The summed E-state index contributed by atoms with van der Waals surface area (Å²) in [6.07, 6.45) is 5.47. The molecule has 0 radical (unpaired) electrons. The van der Waals surface area contributed by atoms with E-state index in [0.717, 1.165) is 18.4 Å². The SMILES string of the molecule is CCCCOc1ccccc1NC(=O)c1ccc(OCc2cccnc2)c(OCC)c1. The van der Waals surface area contributed by atoms with Crippen LogP contribution < -0.4 is 19.5 Å². The lowest BCUT2D eigenvalue weighted by molar-refractivity contribution is 0.102. The summed E-state index contributed by atoms with van der Waals surface area (Å²) in [6, 6.07) is 16.4. The van der Waals surface area contributed by atoms with Crippen molar-refractivity contribution in [3.05, 3.63) is 78.1 Å². The highest BCUT2D eigenvalue weighted by Crippen LogP contribution is 2.30. The molecule has 0 bridgehead atoms. The first-order valence-electron chi connectivity index (χ1n) is 10.5. The third-order valence-electron chi connectivity index (χ3n) is 4.51. The van der Waals surface area contributed by atoms with E-state index in [9.17, 15) is 4.79 Å². The topological polar surface area (TPSA) is 69.7 Å². The van der Waals surface area contributed by atoms with Crippen molar-refractivity contribution in [3.8, 4) is 17.2 Å². The van der Waals surface area contributed by atoms with Gasteiger partial charge in [0.2, 0.25) is 0 Å². The van der Waals surface area contributed by atoms with Crippen LogP contribution in [0.5, 0.6) is 17.2 Å². The summed E-state index contributed by atoms with van der Waals surface area (Å²) >= 11 is 0. The van der Waals surface area contributed by atoms with Gasteiger partial charge in [-0.1, -0.05) is 31.5 Å². The summed E-state index contributed by atoms with van der Waals surface area (Å²) in [5.74, 6) is 1.51. The van der Waals surface area contributed by atoms with Crippen molar-refractivity contribution >= 4 is 11.6 Å². The summed E-state index contributed by atoms with van der Waals surface area (Å²) in [6.45, 7) is 5.43. The number of carbonyl (C=O) groups excluding carboxylic acids is 1. The molecule has 31 heavy (non-hydrogen) atoms. The summed E-state index contributed by atoms with van der Waals surface area (Å²) in [7, 11) is 0. The Kier molecular flexibility index (Phi) is 8.29. The molecule has 0 atom stereocenters. The maximum absolute atomic E-state index is 12.9. The third kappa shape index (κ3) is 6.47. The zero-order chi connectivity index (χ0) is 21.9. The average Bonchev–Trinajstić information content (AvgIpc) is 2.80. The van der Waals surface area contributed by atoms with Crippen molar-refractivity contribution in [1.82, 2.24) is 4.98 Å². The maximum Gasteiger partial charge on any atom is 0.255 e. The van der Waals surface area contributed by atoms with Gasteiger partial charge in [0.15, 0.2) is 11.5 Å². The highest BCUT2D eigenvalue weighted by molar-refractivity contribution is 6.05. The second-order valence-corrected chi connectivity index (χ2v) is 6.90. The Morgan fingerprint density at radius 2 is 1.81 bits per heavy atom. The molecule has 3 rings (SSSR count). The molecule has 0 aliphatic rings. The van der Waals surface area contributed by atoms with Crippen molar-refractivity contribution in [2.24, 2.45) is 0 Å².